The Morgan fingerprint density at radius 3 is 2.79 bits per heavy atom. The quantitative estimate of drug-likeness (QED) is 0.721. The van der Waals surface area contributed by atoms with Crippen LogP contribution in [0.25, 0.3) is 16.5 Å². The first-order valence-electron chi connectivity index (χ1n) is 9.47. The smallest absolute Gasteiger partial charge is 0.291 e. The normalized spacial score (nSPS) is 17.0. The van der Waals surface area contributed by atoms with Gasteiger partial charge in [-0.05, 0) is 48.6 Å². The largest absolute Gasteiger partial charge is 0.481 e. The highest BCUT2D eigenvalue weighted by molar-refractivity contribution is 5.97. The molecule has 1 atom stereocenters. The van der Waals surface area contributed by atoms with Gasteiger partial charge in [0.05, 0.1) is 0 Å². The lowest BCUT2D eigenvalue weighted by atomic mass is 10.0. The first kappa shape index (κ1) is 17.4. The van der Waals surface area contributed by atoms with Crippen LogP contribution in [0.15, 0.2) is 82.9 Å². The summed E-state index contributed by atoms with van der Waals surface area (Å²) in [7, 11) is 4.02. The van der Waals surface area contributed by atoms with Crippen molar-refractivity contribution >= 4 is 28.1 Å². The number of carbonyl (C=O) groups is 1. The highest BCUT2D eigenvalue weighted by Crippen LogP contribution is 2.41. The fourth-order valence-electron chi connectivity index (χ4n) is 3.62. The van der Waals surface area contributed by atoms with E-state index in [1.165, 1.54) is 0 Å². The Kier molecular flexibility index (Phi) is 4.02. The van der Waals surface area contributed by atoms with E-state index in [1.54, 1.807) is 6.07 Å². The molecule has 1 N–H and O–H groups in total. The fraction of sp³-hybridized carbons (Fsp3) is 0.125. The monoisotopic (exact) mass is 384 g/mol. The molecular weight excluding hydrogens is 364 g/mol. The predicted octanol–water partition coefficient (Wildman–Crippen LogP) is 4.53. The second-order valence-corrected chi connectivity index (χ2v) is 7.32. The third-order valence-electron chi connectivity index (χ3n) is 5.13. The van der Waals surface area contributed by atoms with Gasteiger partial charge in [0.2, 0.25) is 0 Å². The topological polar surface area (TPSA) is 54.7 Å². The molecular formula is C24H20N2O3. The number of anilines is 1. The zero-order valence-corrected chi connectivity index (χ0v) is 16.2. The van der Waals surface area contributed by atoms with Gasteiger partial charge in [-0.15, -0.1) is 0 Å². The standard InChI is InChI=1S/C24H20N2O3/c1-26(2)17-10-11-22-19(14-17)18-13-16(7-5-9-21(18)29-22)25-24(27)23-12-15-6-3-4-8-20(15)28-23/h3-14,21H,1-2H3,(H,25,27). The zero-order valence-electron chi connectivity index (χ0n) is 16.2. The molecule has 0 saturated carbocycles. The Hall–Kier alpha value is -3.73. The minimum atomic E-state index is -0.280. The lowest BCUT2D eigenvalue weighted by Gasteiger charge is -2.13. The number of carbonyl (C=O) groups excluding carboxylic acids is 1. The molecule has 0 fully saturated rings. The molecule has 3 aromatic rings. The lowest BCUT2D eigenvalue weighted by molar-refractivity contribution is 0.0942. The first-order valence-corrected chi connectivity index (χ1v) is 9.47. The van der Waals surface area contributed by atoms with Gasteiger partial charge in [0.1, 0.15) is 17.4 Å². The molecule has 144 valence electrons. The molecule has 2 aliphatic rings. The van der Waals surface area contributed by atoms with Gasteiger partial charge in [-0.3, -0.25) is 4.79 Å². The van der Waals surface area contributed by atoms with Crippen molar-refractivity contribution in [2.45, 2.75) is 6.10 Å². The zero-order chi connectivity index (χ0) is 20.0. The maximum Gasteiger partial charge on any atom is 0.291 e. The minimum absolute atomic E-state index is 0.167. The second-order valence-electron chi connectivity index (χ2n) is 7.32. The van der Waals surface area contributed by atoms with E-state index in [0.717, 1.165) is 28.0 Å². The molecule has 0 bridgehead atoms. The lowest BCUT2D eigenvalue weighted by Crippen LogP contribution is -2.21. The summed E-state index contributed by atoms with van der Waals surface area (Å²) in [6, 6.07) is 15.5. The van der Waals surface area contributed by atoms with Crippen LogP contribution >= 0.6 is 0 Å². The minimum Gasteiger partial charge on any atom is -0.481 e. The molecule has 29 heavy (non-hydrogen) atoms. The Morgan fingerprint density at radius 1 is 1.10 bits per heavy atom. The number of furan rings is 1. The van der Waals surface area contributed by atoms with E-state index in [0.29, 0.717) is 11.3 Å². The number of ether oxygens (including phenoxy) is 1. The summed E-state index contributed by atoms with van der Waals surface area (Å²) in [4.78, 5) is 14.8. The maximum absolute atomic E-state index is 12.7. The SMILES string of the molecule is CN(C)c1ccc2c(c1)C1=CC(NC(=O)c3cc4ccccc4o3)=CC=CC1O2. The van der Waals surface area contributed by atoms with Crippen molar-refractivity contribution < 1.29 is 13.9 Å². The summed E-state index contributed by atoms with van der Waals surface area (Å²) in [5.41, 5.74) is 4.54. The van der Waals surface area contributed by atoms with Gasteiger partial charge in [0.15, 0.2) is 5.76 Å². The van der Waals surface area contributed by atoms with E-state index in [2.05, 4.69) is 16.3 Å². The summed E-state index contributed by atoms with van der Waals surface area (Å²) in [6.45, 7) is 0. The van der Waals surface area contributed by atoms with E-state index in [-0.39, 0.29) is 17.8 Å². The first-order chi connectivity index (χ1) is 14.1. The van der Waals surface area contributed by atoms with Crippen molar-refractivity contribution in [3.63, 3.8) is 0 Å². The third kappa shape index (κ3) is 3.10. The van der Waals surface area contributed by atoms with Crippen molar-refractivity contribution in [3.05, 3.63) is 89.9 Å². The summed E-state index contributed by atoms with van der Waals surface area (Å²) in [5, 5.41) is 3.85. The van der Waals surface area contributed by atoms with E-state index in [9.17, 15) is 4.79 Å². The Balaban J connectivity index is 1.45. The van der Waals surface area contributed by atoms with Gasteiger partial charge >= 0.3 is 0 Å². The van der Waals surface area contributed by atoms with Crippen molar-refractivity contribution in [2.24, 2.45) is 0 Å². The molecule has 0 radical (unpaired) electrons. The van der Waals surface area contributed by atoms with Gasteiger partial charge < -0.3 is 19.4 Å². The molecule has 0 saturated heterocycles. The average Bonchev–Trinajstić information content (AvgIpc) is 3.23. The van der Waals surface area contributed by atoms with Crippen LogP contribution in [0.4, 0.5) is 5.69 Å². The molecule has 5 nitrogen and oxygen atoms in total. The molecule has 2 heterocycles. The van der Waals surface area contributed by atoms with Crippen LogP contribution in [0, 0.1) is 0 Å². The third-order valence-corrected chi connectivity index (χ3v) is 5.13. The fourth-order valence-corrected chi connectivity index (χ4v) is 3.62. The maximum atomic E-state index is 12.7. The molecule has 1 unspecified atom stereocenters. The van der Waals surface area contributed by atoms with Gasteiger partial charge in [0.25, 0.3) is 5.91 Å². The number of nitrogens with zero attached hydrogens (tertiary/aromatic N) is 1. The van der Waals surface area contributed by atoms with Gasteiger partial charge in [-0.1, -0.05) is 24.3 Å². The summed E-state index contributed by atoms with van der Waals surface area (Å²) in [5.74, 6) is 0.854. The Bertz CT molecular complexity index is 1180. The second kappa shape index (κ2) is 6.71. The molecule has 5 heteroatoms. The molecule has 1 amide bonds. The number of hydrogen-bond donors (Lipinski definition) is 1. The molecule has 5 rings (SSSR count). The van der Waals surface area contributed by atoms with E-state index in [4.69, 9.17) is 9.15 Å². The van der Waals surface area contributed by atoms with Crippen LogP contribution in [-0.2, 0) is 0 Å². The number of rotatable bonds is 3. The van der Waals surface area contributed by atoms with E-state index in [1.807, 2.05) is 74.8 Å². The summed E-state index contributed by atoms with van der Waals surface area (Å²) in [6.07, 6.45) is 7.56. The Morgan fingerprint density at radius 2 is 1.97 bits per heavy atom. The van der Waals surface area contributed by atoms with Gasteiger partial charge in [-0.2, -0.15) is 0 Å². The number of amides is 1. The average molecular weight is 384 g/mol. The van der Waals surface area contributed by atoms with Crippen LogP contribution in [0.5, 0.6) is 5.75 Å². The van der Waals surface area contributed by atoms with Crippen molar-refractivity contribution in [3.8, 4) is 5.75 Å². The Labute approximate surface area is 168 Å². The highest BCUT2D eigenvalue weighted by atomic mass is 16.5. The number of hydrogen-bond acceptors (Lipinski definition) is 4. The van der Waals surface area contributed by atoms with Crippen molar-refractivity contribution in [1.29, 1.82) is 0 Å². The van der Waals surface area contributed by atoms with Crippen LogP contribution in [0.3, 0.4) is 0 Å². The van der Waals surface area contributed by atoms with Crippen LogP contribution in [-0.4, -0.2) is 26.1 Å². The van der Waals surface area contributed by atoms with Crippen LogP contribution in [0.2, 0.25) is 0 Å². The van der Waals surface area contributed by atoms with Crippen LogP contribution in [0.1, 0.15) is 16.1 Å². The highest BCUT2D eigenvalue weighted by Gasteiger charge is 2.28. The molecule has 0 spiro atoms. The molecule has 2 aromatic carbocycles. The molecule has 1 aliphatic heterocycles. The number of allylic oxidation sites excluding steroid dienone is 3. The van der Waals surface area contributed by atoms with Crippen molar-refractivity contribution in [1.82, 2.24) is 5.32 Å². The molecule has 1 aliphatic carbocycles. The number of para-hydroxylation sites is 1. The van der Waals surface area contributed by atoms with Crippen molar-refractivity contribution in [2.75, 3.05) is 19.0 Å². The molecule has 1 aromatic heterocycles. The van der Waals surface area contributed by atoms with E-state index >= 15 is 0 Å². The van der Waals surface area contributed by atoms with Gasteiger partial charge in [0, 0.05) is 42.0 Å². The van der Waals surface area contributed by atoms with Gasteiger partial charge in [-0.25, -0.2) is 0 Å². The van der Waals surface area contributed by atoms with Crippen LogP contribution < -0.4 is 15.0 Å². The van der Waals surface area contributed by atoms with E-state index < -0.39 is 0 Å². The summed E-state index contributed by atoms with van der Waals surface area (Å²) >= 11 is 0. The number of benzene rings is 2. The number of fused-ring (bicyclic) bond motifs is 4. The number of nitrogens with one attached hydrogen (secondary N) is 1. The summed E-state index contributed by atoms with van der Waals surface area (Å²) < 4.78 is 11.7. The predicted molar refractivity (Wildman–Crippen MR) is 114 cm³/mol.